The molecule has 0 bridgehead atoms. The van der Waals surface area contributed by atoms with E-state index in [1.165, 1.54) is 41.0 Å². The topological polar surface area (TPSA) is 72.5 Å². The largest absolute Gasteiger partial charge is 0.344 e. The molecular weight excluding hydrogens is 377 g/mol. The summed E-state index contributed by atoms with van der Waals surface area (Å²) in [7, 11) is -3.58. The molecule has 1 aromatic heterocycles. The molecule has 1 unspecified atom stereocenters. The van der Waals surface area contributed by atoms with Gasteiger partial charge in [-0.25, -0.2) is 10.5 Å². The third kappa shape index (κ3) is 9.18. The van der Waals surface area contributed by atoms with Gasteiger partial charge in [-0.3, -0.25) is 4.57 Å². The van der Waals surface area contributed by atoms with Gasteiger partial charge in [0, 0.05) is 9.75 Å². The molecule has 2 rings (SSSR count). The number of thiophene rings is 1. The summed E-state index contributed by atoms with van der Waals surface area (Å²) in [5, 5.41) is 0. The summed E-state index contributed by atoms with van der Waals surface area (Å²) in [6.07, 6.45) is 8.92. The van der Waals surface area contributed by atoms with Crippen LogP contribution in [0.3, 0.4) is 0 Å². The molecule has 0 radical (unpaired) electrons. The molecule has 0 aliphatic rings. The van der Waals surface area contributed by atoms with Crippen LogP contribution < -0.4 is 5.90 Å². The van der Waals surface area contributed by atoms with E-state index in [2.05, 4.69) is 54.0 Å². The summed E-state index contributed by atoms with van der Waals surface area (Å²) in [4.78, 5) is 12.2. The average molecular weight is 410 g/mol. The minimum atomic E-state index is -3.58. The van der Waals surface area contributed by atoms with E-state index < -0.39 is 7.60 Å². The second-order valence-corrected chi connectivity index (χ2v) is 10.5. The molecule has 2 atom stereocenters. The highest BCUT2D eigenvalue weighted by Gasteiger charge is 2.19. The molecule has 1 aromatic carbocycles. The van der Waals surface area contributed by atoms with Crippen LogP contribution in [0.4, 0.5) is 0 Å². The van der Waals surface area contributed by atoms with E-state index in [1.54, 1.807) is 0 Å². The molecule has 27 heavy (non-hydrogen) atoms. The molecule has 0 aliphatic heterocycles. The van der Waals surface area contributed by atoms with Crippen molar-refractivity contribution in [3.63, 3.8) is 0 Å². The molecule has 0 aliphatic carbocycles. The van der Waals surface area contributed by atoms with Crippen LogP contribution in [0, 0.1) is 5.92 Å². The second-order valence-electron chi connectivity index (χ2n) is 7.31. The van der Waals surface area contributed by atoms with Gasteiger partial charge in [-0.15, -0.1) is 11.3 Å². The summed E-state index contributed by atoms with van der Waals surface area (Å²) < 4.78 is 15.5. The van der Waals surface area contributed by atoms with Crippen LogP contribution in [0.15, 0.2) is 42.5 Å². The summed E-state index contributed by atoms with van der Waals surface area (Å²) in [5.41, 5.74) is 1.43. The highest BCUT2D eigenvalue weighted by atomic mass is 32.1. The van der Waals surface area contributed by atoms with Crippen molar-refractivity contribution in [1.29, 1.82) is 0 Å². The third-order valence-electron chi connectivity index (χ3n) is 4.90. The van der Waals surface area contributed by atoms with Crippen LogP contribution in [0.1, 0.15) is 54.3 Å². The molecule has 0 amide bonds. The Labute approximate surface area is 167 Å². The van der Waals surface area contributed by atoms with Crippen molar-refractivity contribution in [3.8, 4) is 0 Å². The Morgan fingerprint density at radius 1 is 1.00 bits per heavy atom. The lowest BCUT2D eigenvalue weighted by Crippen LogP contribution is -2.05. The first-order valence-corrected chi connectivity index (χ1v) is 12.4. The fourth-order valence-electron chi connectivity index (χ4n) is 3.11. The van der Waals surface area contributed by atoms with Crippen LogP contribution in [-0.2, 0) is 28.5 Å². The normalized spacial score (nSPS) is 14.8. The maximum Gasteiger partial charge on any atom is 0.344 e. The van der Waals surface area contributed by atoms with Gasteiger partial charge in [0.15, 0.2) is 0 Å². The minimum absolute atomic E-state index is 0.128. The fraction of sp³-hybridized carbons (Fsp3) is 0.524. The van der Waals surface area contributed by atoms with Gasteiger partial charge in [0.1, 0.15) is 0 Å². The lowest BCUT2D eigenvalue weighted by atomic mass is 10.0. The Morgan fingerprint density at radius 2 is 1.67 bits per heavy atom. The van der Waals surface area contributed by atoms with E-state index in [4.69, 9.17) is 5.90 Å². The molecule has 3 N–H and O–H groups in total. The van der Waals surface area contributed by atoms with E-state index >= 15 is 0 Å². The van der Waals surface area contributed by atoms with Crippen LogP contribution in [-0.4, -0.2) is 11.1 Å². The standard InChI is InChI=1S/C21H32NO3PS/c1-18(16-17-26(23,24)25-22)12-13-21-15-14-20(27-21)11-7-3-6-10-19-8-4-2-5-9-19/h2,4-5,8-9,14-15,18H,3,6-7,10-13,16-17,22H2,1H3,(H,23,24)/t18-/m1/s1. The van der Waals surface area contributed by atoms with Crippen molar-refractivity contribution >= 4 is 18.9 Å². The van der Waals surface area contributed by atoms with E-state index in [-0.39, 0.29) is 6.16 Å². The Kier molecular flexibility index (Phi) is 9.74. The summed E-state index contributed by atoms with van der Waals surface area (Å²) in [5.74, 6) is 5.22. The molecule has 0 spiro atoms. The quantitative estimate of drug-likeness (QED) is 0.251. The number of unbranched alkanes of at least 4 members (excludes halogenated alkanes) is 2. The van der Waals surface area contributed by atoms with Gasteiger partial charge in [0.05, 0.1) is 6.16 Å². The van der Waals surface area contributed by atoms with E-state index in [0.29, 0.717) is 12.3 Å². The lowest BCUT2D eigenvalue weighted by molar-refractivity contribution is 0.265. The van der Waals surface area contributed by atoms with Crippen molar-refractivity contribution in [2.45, 2.75) is 58.3 Å². The Morgan fingerprint density at radius 3 is 2.37 bits per heavy atom. The SMILES string of the molecule is C[C@H](CCc1ccc(CCCCCc2ccccc2)s1)CCP(=O)(O)ON. The number of rotatable bonds is 13. The predicted octanol–water partition coefficient (Wildman–Crippen LogP) is 5.74. The van der Waals surface area contributed by atoms with Crippen LogP contribution in [0.5, 0.6) is 0 Å². The Bertz CT molecular complexity index is 704. The van der Waals surface area contributed by atoms with Crippen molar-refractivity contribution in [2.24, 2.45) is 11.8 Å². The number of hydrogen-bond acceptors (Lipinski definition) is 4. The van der Waals surface area contributed by atoms with Gasteiger partial charge in [-0.2, -0.15) is 0 Å². The van der Waals surface area contributed by atoms with Gasteiger partial charge in [-0.1, -0.05) is 43.7 Å². The molecule has 0 saturated carbocycles. The zero-order valence-electron chi connectivity index (χ0n) is 16.2. The molecule has 4 nitrogen and oxygen atoms in total. The number of nitrogens with two attached hydrogens (primary N) is 1. The lowest BCUT2D eigenvalue weighted by Gasteiger charge is -2.12. The Hall–Kier alpha value is -0.970. The van der Waals surface area contributed by atoms with Crippen molar-refractivity contribution in [3.05, 3.63) is 57.8 Å². The van der Waals surface area contributed by atoms with Gasteiger partial charge in [0.2, 0.25) is 0 Å². The molecule has 1 heterocycles. The molecule has 150 valence electrons. The summed E-state index contributed by atoms with van der Waals surface area (Å²) in [6, 6.07) is 15.2. The highest BCUT2D eigenvalue weighted by molar-refractivity contribution is 7.52. The number of aryl methyl sites for hydroxylation is 3. The van der Waals surface area contributed by atoms with Crippen LogP contribution in [0.25, 0.3) is 0 Å². The predicted molar refractivity (Wildman–Crippen MR) is 114 cm³/mol. The monoisotopic (exact) mass is 409 g/mol. The summed E-state index contributed by atoms with van der Waals surface area (Å²) >= 11 is 1.91. The van der Waals surface area contributed by atoms with Gasteiger partial charge in [-0.05, 0) is 68.6 Å². The van der Waals surface area contributed by atoms with E-state index in [0.717, 1.165) is 19.3 Å². The Balaban J connectivity index is 1.59. The van der Waals surface area contributed by atoms with E-state index in [1.807, 2.05) is 11.3 Å². The molecule has 0 fully saturated rings. The number of hydrogen-bond donors (Lipinski definition) is 2. The van der Waals surface area contributed by atoms with Gasteiger partial charge >= 0.3 is 7.60 Å². The maximum absolute atomic E-state index is 11.4. The second kappa shape index (κ2) is 11.8. The van der Waals surface area contributed by atoms with Crippen LogP contribution >= 0.6 is 18.9 Å². The molecule has 2 aromatic rings. The van der Waals surface area contributed by atoms with Crippen molar-refractivity contribution in [2.75, 3.05) is 6.16 Å². The third-order valence-corrected chi connectivity index (χ3v) is 7.26. The van der Waals surface area contributed by atoms with Crippen molar-refractivity contribution in [1.82, 2.24) is 0 Å². The molecule has 6 heteroatoms. The summed E-state index contributed by atoms with van der Waals surface area (Å²) in [6.45, 7) is 2.11. The zero-order valence-corrected chi connectivity index (χ0v) is 17.9. The smallest absolute Gasteiger partial charge is 0.323 e. The first-order chi connectivity index (χ1) is 13.0. The molecular formula is C21H32NO3PS. The van der Waals surface area contributed by atoms with Crippen LogP contribution in [0.2, 0.25) is 0 Å². The minimum Gasteiger partial charge on any atom is -0.323 e. The fourth-order valence-corrected chi connectivity index (χ4v) is 5.06. The van der Waals surface area contributed by atoms with Crippen molar-refractivity contribution < 1.29 is 14.1 Å². The molecule has 0 saturated heterocycles. The first kappa shape index (κ1) is 22.3. The first-order valence-electron chi connectivity index (χ1n) is 9.80. The maximum atomic E-state index is 11.4. The highest BCUT2D eigenvalue weighted by Crippen LogP contribution is 2.41. The average Bonchev–Trinajstić information content (AvgIpc) is 3.13. The number of benzene rings is 1. The van der Waals surface area contributed by atoms with E-state index in [9.17, 15) is 9.46 Å². The van der Waals surface area contributed by atoms with Gasteiger partial charge in [0.25, 0.3) is 0 Å². The zero-order chi connectivity index (χ0) is 19.5. The van der Waals surface area contributed by atoms with Gasteiger partial charge < -0.3 is 4.89 Å².